The Morgan fingerprint density at radius 3 is 2.53 bits per heavy atom. The van der Waals surface area contributed by atoms with Crippen molar-refractivity contribution in [2.75, 3.05) is 6.61 Å². The van der Waals surface area contributed by atoms with Gasteiger partial charge in [0.15, 0.2) is 0 Å². The van der Waals surface area contributed by atoms with Crippen molar-refractivity contribution in [2.24, 2.45) is 0 Å². The van der Waals surface area contributed by atoms with E-state index >= 15 is 0 Å². The molecule has 2 unspecified atom stereocenters. The van der Waals surface area contributed by atoms with Gasteiger partial charge in [0.05, 0.1) is 27.5 Å². The molecule has 6 heteroatoms. The molecule has 1 aromatic rings. The average molecular weight is 323 g/mol. The number of hydrogen-bond donors (Lipinski definition) is 0. The SMILES string of the molecule is CCCC(C(=O)OCC)S(=O)c1ccc(Cl)c(Cl)c1. The Bertz CT molecular complexity index is 477. The van der Waals surface area contributed by atoms with Crippen LogP contribution < -0.4 is 0 Å². The van der Waals surface area contributed by atoms with E-state index in [1.807, 2.05) is 6.92 Å². The van der Waals surface area contributed by atoms with Gasteiger partial charge in [-0.05, 0) is 31.5 Å². The van der Waals surface area contributed by atoms with Gasteiger partial charge < -0.3 is 4.74 Å². The maximum Gasteiger partial charge on any atom is 0.322 e. The minimum atomic E-state index is -1.49. The van der Waals surface area contributed by atoms with E-state index in [4.69, 9.17) is 27.9 Å². The van der Waals surface area contributed by atoms with Crippen LogP contribution in [0.5, 0.6) is 0 Å². The van der Waals surface area contributed by atoms with E-state index in [0.717, 1.165) is 6.42 Å². The van der Waals surface area contributed by atoms with Crippen molar-refractivity contribution in [2.45, 2.75) is 36.8 Å². The summed E-state index contributed by atoms with van der Waals surface area (Å²) in [6, 6.07) is 4.72. The number of benzene rings is 1. The first kappa shape index (κ1) is 16.5. The first-order valence-electron chi connectivity index (χ1n) is 6.03. The summed E-state index contributed by atoms with van der Waals surface area (Å²) in [7, 11) is -1.49. The largest absolute Gasteiger partial charge is 0.465 e. The predicted octanol–water partition coefficient (Wildman–Crippen LogP) is 3.83. The summed E-state index contributed by atoms with van der Waals surface area (Å²) in [6.45, 7) is 3.93. The first-order valence-corrected chi connectivity index (χ1v) is 8.00. The Morgan fingerprint density at radius 1 is 1.32 bits per heavy atom. The van der Waals surface area contributed by atoms with E-state index in [2.05, 4.69) is 0 Å². The molecule has 1 aromatic carbocycles. The zero-order chi connectivity index (χ0) is 14.4. The lowest BCUT2D eigenvalue weighted by molar-refractivity contribution is -0.142. The van der Waals surface area contributed by atoms with Gasteiger partial charge in [-0.2, -0.15) is 0 Å². The van der Waals surface area contributed by atoms with Crippen molar-refractivity contribution < 1.29 is 13.7 Å². The van der Waals surface area contributed by atoms with Gasteiger partial charge in [-0.1, -0.05) is 36.5 Å². The van der Waals surface area contributed by atoms with E-state index in [1.54, 1.807) is 19.1 Å². The standard InChI is InChI=1S/C13H16Cl2O3S/c1-3-5-12(13(16)18-4-2)19(17)9-6-7-10(14)11(15)8-9/h6-8,12H,3-5H2,1-2H3. The Balaban J connectivity index is 2.98. The number of ether oxygens (including phenoxy) is 1. The van der Waals surface area contributed by atoms with Crippen LogP contribution in [0, 0.1) is 0 Å². The van der Waals surface area contributed by atoms with Crippen molar-refractivity contribution in [3.63, 3.8) is 0 Å². The molecule has 0 aliphatic rings. The molecule has 0 saturated heterocycles. The van der Waals surface area contributed by atoms with Crippen LogP contribution in [-0.2, 0) is 20.3 Å². The second kappa shape index (κ2) is 7.88. The van der Waals surface area contributed by atoms with Crippen LogP contribution in [0.1, 0.15) is 26.7 Å². The summed E-state index contributed by atoms with van der Waals surface area (Å²) in [6.07, 6.45) is 1.25. The topological polar surface area (TPSA) is 43.4 Å². The number of halogens is 2. The maximum absolute atomic E-state index is 12.4. The molecule has 2 atom stereocenters. The van der Waals surface area contributed by atoms with Crippen molar-refractivity contribution in [1.29, 1.82) is 0 Å². The quantitative estimate of drug-likeness (QED) is 0.747. The maximum atomic E-state index is 12.4. The lowest BCUT2D eigenvalue weighted by Crippen LogP contribution is -2.28. The van der Waals surface area contributed by atoms with Crippen LogP contribution in [0.2, 0.25) is 10.0 Å². The normalized spacial score (nSPS) is 13.9. The molecule has 3 nitrogen and oxygen atoms in total. The minimum absolute atomic E-state index is 0.275. The molecule has 0 aliphatic carbocycles. The number of hydrogen-bond acceptors (Lipinski definition) is 3. The van der Waals surface area contributed by atoms with Crippen molar-refractivity contribution in [3.8, 4) is 0 Å². The van der Waals surface area contributed by atoms with Crippen LogP contribution in [0.25, 0.3) is 0 Å². The molecule has 0 heterocycles. The van der Waals surface area contributed by atoms with Gasteiger partial charge in [-0.25, -0.2) is 0 Å². The number of esters is 1. The summed E-state index contributed by atoms with van der Waals surface area (Å²) < 4.78 is 17.4. The minimum Gasteiger partial charge on any atom is -0.465 e. The summed E-state index contributed by atoms with van der Waals surface area (Å²) in [5, 5.41) is 0.0550. The fourth-order valence-corrected chi connectivity index (χ4v) is 3.40. The molecule has 0 spiro atoms. The highest BCUT2D eigenvalue weighted by Gasteiger charge is 2.27. The first-order chi connectivity index (χ1) is 9.01. The van der Waals surface area contributed by atoms with Crippen molar-refractivity contribution in [3.05, 3.63) is 28.2 Å². The molecule has 0 N–H and O–H groups in total. The fourth-order valence-electron chi connectivity index (χ4n) is 1.58. The molecule has 0 amide bonds. The van der Waals surface area contributed by atoms with Crippen molar-refractivity contribution >= 4 is 40.0 Å². The van der Waals surface area contributed by atoms with Crippen LogP contribution in [-0.4, -0.2) is 22.0 Å². The van der Waals surface area contributed by atoms with Crippen LogP contribution in [0.3, 0.4) is 0 Å². The Hall–Kier alpha value is -0.580. The Kier molecular flexibility index (Phi) is 6.83. The highest BCUT2D eigenvalue weighted by molar-refractivity contribution is 7.86. The zero-order valence-electron chi connectivity index (χ0n) is 10.8. The summed E-state index contributed by atoms with van der Waals surface area (Å²) in [5.74, 6) is -0.436. The third-order valence-electron chi connectivity index (χ3n) is 2.48. The fraction of sp³-hybridized carbons (Fsp3) is 0.462. The van der Waals surface area contributed by atoms with E-state index in [1.165, 1.54) is 6.07 Å². The predicted molar refractivity (Wildman–Crippen MR) is 78.2 cm³/mol. The van der Waals surface area contributed by atoms with Gasteiger partial charge in [0.2, 0.25) is 0 Å². The molecule has 0 radical (unpaired) electrons. The Labute approximate surface area is 125 Å². The van der Waals surface area contributed by atoms with Crippen LogP contribution >= 0.6 is 23.2 Å². The van der Waals surface area contributed by atoms with E-state index < -0.39 is 22.0 Å². The molecule has 0 aromatic heterocycles. The van der Waals surface area contributed by atoms with Crippen molar-refractivity contribution in [1.82, 2.24) is 0 Å². The molecule has 19 heavy (non-hydrogen) atoms. The number of carbonyl (C=O) groups is 1. The third-order valence-corrected chi connectivity index (χ3v) is 4.88. The second-order valence-electron chi connectivity index (χ2n) is 3.90. The molecule has 106 valence electrons. The lowest BCUT2D eigenvalue weighted by atomic mass is 10.2. The van der Waals surface area contributed by atoms with Gasteiger partial charge in [-0.3, -0.25) is 9.00 Å². The van der Waals surface area contributed by atoms with Gasteiger partial charge in [0.25, 0.3) is 0 Å². The van der Waals surface area contributed by atoms with Crippen LogP contribution in [0.4, 0.5) is 0 Å². The van der Waals surface area contributed by atoms with Crippen LogP contribution in [0.15, 0.2) is 23.1 Å². The molecule has 1 rings (SSSR count). The van der Waals surface area contributed by atoms with E-state index in [9.17, 15) is 9.00 Å². The molecule has 0 bridgehead atoms. The zero-order valence-corrected chi connectivity index (χ0v) is 13.1. The van der Waals surface area contributed by atoms with Gasteiger partial charge in [-0.15, -0.1) is 0 Å². The van der Waals surface area contributed by atoms with Gasteiger partial charge in [0, 0.05) is 4.90 Å². The van der Waals surface area contributed by atoms with Gasteiger partial charge >= 0.3 is 5.97 Å². The summed E-state index contributed by atoms with van der Waals surface area (Å²) >= 11 is 11.7. The smallest absolute Gasteiger partial charge is 0.322 e. The second-order valence-corrected chi connectivity index (χ2v) is 6.35. The molecule has 0 saturated carbocycles. The summed E-state index contributed by atoms with van der Waals surface area (Å²) in [5.41, 5.74) is 0. The third kappa shape index (κ3) is 4.48. The lowest BCUT2D eigenvalue weighted by Gasteiger charge is -2.14. The average Bonchev–Trinajstić information content (AvgIpc) is 2.38. The number of rotatable bonds is 6. The molecular weight excluding hydrogens is 307 g/mol. The number of carbonyl (C=O) groups excluding carboxylic acids is 1. The molecule has 0 fully saturated rings. The van der Waals surface area contributed by atoms with Gasteiger partial charge in [0.1, 0.15) is 5.25 Å². The monoisotopic (exact) mass is 322 g/mol. The summed E-state index contributed by atoms with van der Waals surface area (Å²) in [4.78, 5) is 12.3. The molecular formula is C13H16Cl2O3S. The van der Waals surface area contributed by atoms with E-state index in [-0.39, 0.29) is 6.61 Å². The Morgan fingerprint density at radius 2 is 2.00 bits per heavy atom. The highest BCUT2D eigenvalue weighted by Crippen LogP contribution is 2.26. The molecule has 0 aliphatic heterocycles. The van der Waals surface area contributed by atoms with E-state index in [0.29, 0.717) is 21.4 Å². The highest BCUT2D eigenvalue weighted by atomic mass is 35.5.